The third kappa shape index (κ3) is 4.14. The van der Waals surface area contributed by atoms with E-state index in [-0.39, 0.29) is 30.0 Å². The number of rotatable bonds is 7. The first kappa shape index (κ1) is 19.0. The summed E-state index contributed by atoms with van der Waals surface area (Å²) in [7, 11) is 1.67. The molecular weight excluding hydrogens is 362 g/mol. The molecule has 0 spiro atoms. The van der Waals surface area contributed by atoms with Crippen LogP contribution >= 0.6 is 0 Å². The highest BCUT2D eigenvalue weighted by atomic mass is 16.6. The van der Waals surface area contributed by atoms with Gasteiger partial charge in [-0.15, -0.1) is 0 Å². The number of nitro benzene ring substituents is 1. The first-order valence-corrected chi connectivity index (χ1v) is 8.54. The maximum atomic E-state index is 12.5. The van der Waals surface area contributed by atoms with Crippen molar-refractivity contribution < 1.29 is 14.5 Å². The van der Waals surface area contributed by atoms with Crippen LogP contribution in [-0.2, 0) is 4.79 Å². The van der Waals surface area contributed by atoms with E-state index in [1.54, 1.807) is 35.1 Å². The summed E-state index contributed by atoms with van der Waals surface area (Å²) in [6, 6.07) is 13.4. The normalized spacial score (nSPS) is 11.6. The van der Waals surface area contributed by atoms with E-state index < -0.39 is 4.92 Å². The number of hydrogen-bond acceptors (Lipinski definition) is 6. The topological polar surface area (TPSA) is 103 Å². The van der Waals surface area contributed by atoms with Crippen LogP contribution in [0.25, 0.3) is 5.69 Å². The Kier molecular flexibility index (Phi) is 5.64. The summed E-state index contributed by atoms with van der Waals surface area (Å²) >= 11 is 0. The van der Waals surface area contributed by atoms with Crippen molar-refractivity contribution in [1.29, 1.82) is 0 Å². The minimum Gasteiger partial charge on any atom is -0.477 e. The van der Waals surface area contributed by atoms with Gasteiger partial charge in [0.25, 0.3) is 5.91 Å². The van der Waals surface area contributed by atoms with Crippen molar-refractivity contribution in [3.8, 4) is 11.4 Å². The molecule has 1 amide bonds. The number of carbonyl (C=O) groups excluding carboxylic acids is 1. The standard InChI is InChI=1S/C19H19N5O4/c1-14(15-7-9-16(10-8-15)23-13-20-12-21-23)22(2)19(25)11-28-18-6-4-3-5-17(18)24(26)27/h3-10,12-14H,11H2,1-2H3/t14-/m1/s1. The molecule has 2 aromatic carbocycles. The van der Waals surface area contributed by atoms with Gasteiger partial charge in [-0.1, -0.05) is 24.3 Å². The predicted molar refractivity (Wildman–Crippen MR) is 101 cm³/mol. The van der Waals surface area contributed by atoms with E-state index in [1.165, 1.54) is 18.5 Å². The average Bonchev–Trinajstić information content (AvgIpc) is 3.26. The molecule has 0 N–H and O–H groups in total. The Hall–Kier alpha value is -3.75. The maximum Gasteiger partial charge on any atom is 0.310 e. The van der Waals surface area contributed by atoms with Crippen LogP contribution in [0, 0.1) is 10.1 Å². The third-order valence-electron chi connectivity index (χ3n) is 4.45. The molecule has 0 aliphatic heterocycles. The Morgan fingerprint density at radius 2 is 1.96 bits per heavy atom. The van der Waals surface area contributed by atoms with Crippen molar-refractivity contribution in [3.05, 3.63) is 76.9 Å². The van der Waals surface area contributed by atoms with Gasteiger partial charge in [0.2, 0.25) is 0 Å². The molecule has 1 atom stereocenters. The number of aromatic nitrogens is 3. The minimum absolute atomic E-state index is 0.0686. The summed E-state index contributed by atoms with van der Waals surface area (Å²) in [5, 5.41) is 15.1. The SMILES string of the molecule is C[C@H](c1ccc(-n2cncn2)cc1)N(C)C(=O)COc1ccccc1[N+](=O)[O-]. The van der Waals surface area contributed by atoms with Crippen LogP contribution in [0.3, 0.4) is 0 Å². The number of nitro groups is 1. The highest BCUT2D eigenvalue weighted by Crippen LogP contribution is 2.26. The molecule has 28 heavy (non-hydrogen) atoms. The Balaban J connectivity index is 1.64. The van der Waals surface area contributed by atoms with Crippen molar-refractivity contribution in [2.24, 2.45) is 0 Å². The van der Waals surface area contributed by atoms with Gasteiger partial charge in [0.1, 0.15) is 12.7 Å². The fourth-order valence-electron chi connectivity index (χ4n) is 2.66. The lowest BCUT2D eigenvalue weighted by Gasteiger charge is -2.25. The summed E-state index contributed by atoms with van der Waals surface area (Å²) in [6.45, 7) is 1.61. The Bertz CT molecular complexity index is 957. The largest absolute Gasteiger partial charge is 0.477 e. The van der Waals surface area contributed by atoms with E-state index in [4.69, 9.17) is 4.74 Å². The summed E-state index contributed by atoms with van der Waals surface area (Å²) in [4.78, 5) is 28.4. The van der Waals surface area contributed by atoms with E-state index >= 15 is 0 Å². The van der Waals surface area contributed by atoms with Gasteiger partial charge in [0, 0.05) is 13.1 Å². The quantitative estimate of drug-likeness (QED) is 0.460. The molecule has 0 aliphatic rings. The Morgan fingerprint density at radius 3 is 2.61 bits per heavy atom. The van der Waals surface area contributed by atoms with Gasteiger partial charge in [-0.25, -0.2) is 9.67 Å². The first-order chi connectivity index (χ1) is 13.5. The second-order valence-corrected chi connectivity index (χ2v) is 6.13. The van der Waals surface area contributed by atoms with Gasteiger partial charge in [0.15, 0.2) is 12.4 Å². The van der Waals surface area contributed by atoms with E-state index in [0.29, 0.717) is 0 Å². The minimum atomic E-state index is -0.539. The highest BCUT2D eigenvalue weighted by molar-refractivity contribution is 5.78. The molecule has 1 heterocycles. The molecule has 3 rings (SSSR count). The van der Waals surface area contributed by atoms with Crippen molar-refractivity contribution in [2.45, 2.75) is 13.0 Å². The van der Waals surface area contributed by atoms with Crippen LogP contribution in [-0.4, -0.2) is 44.1 Å². The zero-order valence-corrected chi connectivity index (χ0v) is 15.4. The van der Waals surface area contributed by atoms with Crippen LogP contribution in [0.15, 0.2) is 61.2 Å². The zero-order chi connectivity index (χ0) is 20.1. The summed E-state index contributed by atoms with van der Waals surface area (Å²) in [5.41, 5.74) is 1.63. The molecule has 1 aromatic heterocycles. The fourth-order valence-corrected chi connectivity index (χ4v) is 2.66. The number of para-hydroxylation sites is 2. The zero-order valence-electron chi connectivity index (χ0n) is 15.4. The molecule has 9 heteroatoms. The van der Waals surface area contributed by atoms with Gasteiger partial charge in [-0.2, -0.15) is 5.10 Å². The van der Waals surface area contributed by atoms with E-state index in [1.807, 2.05) is 31.2 Å². The average molecular weight is 381 g/mol. The molecule has 0 saturated heterocycles. The second kappa shape index (κ2) is 8.30. The Labute approximate surface area is 161 Å². The summed E-state index contributed by atoms with van der Waals surface area (Å²) in [5.74, 6) is -0.218. The lowest BCUT2D eigenvalue weighted by Crippen LogP contribution is -2.33. The lowest BCUT2D eigenvalue weighted by atomic mass is 10.1. The van der Waals surface area contributed by atoms with E-state index in [9.17, 15) is 14.9 Å². The monoisotopic (exact) mass is 381 g/mol. The van der Waals surface area contributed by atoms with Crippen LogP contribution in [0.4, 0.5) is 5.69 Å². The van der Waals surface area contributed by atoms with Crippen molar-refractivity contribution >= 4 is 11.6 Å². The second-order valence-electron chi connectivity index (χ2n) is 6.13. The van der Waals surface area contributed by atoms with Crippen LogP contribution in [0.2, 0.25) is 0 Å². The molecule has 0 radical (unpaired) electrons. The van der Waals surface area contributed by atoms with Gasteiger partial charge < -0.3 is 9.64 Å². The van der Waals surface area contributed by atoms with Crippen molar-refractivity contribution in [1.82, 2.24) is 19.7 Å². The number of amides is 1. The fraction of sp³-hybridized carbons (Fsp3) is 0.211. The number of benzene rings is 2. The molecule has 9 nitrogen and oxygen atoms in total. The Morgan fingerprint density at radius 1 is 1.25 bits per heavy atom. The van der Waals surface area contributed by atoms with E-state index in [0.717, 1.165) is 11.3 Å². The predicted octanol–water partition coefficient (Wildman–Crippen LogP) is 2.77. The lowest BCUT2D eigenvalue weighted by molar-refractivity contribution is -0.385. The molecule has 0 aliphatic carbocycles. The number of carbonyl (C=O) groups is 1. The van der Waals surface area contributed by atoms with Crippen LogP contribution in [0.5, 0.6) is 5.75 Å². The van der Waals surface area contributed by atoms with Crippen molar-refractivity contribution in [3.63, 3.8) is 0 Å². The maximum absolute atomic E-state index is 12.5. The number of ether oxygens (including phenoxy) is 1. The van der Waals surface area contributed by atoms with Gasteiger partial charge >= 0.3 is 5.69 Å². The molecule has 0 bridgehead atoms. The number of nitrogens with zero attached hydrogens (tertiary/aromatic N) is 5. The van der Waals surface area contributed by atoms with Gasteiger partial charge in [-0.05, 0) is 30.7 Å². The summed E-state index contributed by atoms with van der Waals surface area (Å²) in [6.07, 6.45) is 3.06. The molecule has 0 fully saturated rings. The van der Waals surface area contributed by atoms with Gasteiger partial charge in [-0.3, -0.25) is 14.9 Å². The van der Waals surface area contributed by atoms with Crippen LogP contribution in [0.1, 0.15) is 18.5 Å². The molecule has 3 aromatic rings. The first-order valence-electron chi connectivity index (χ1n) is 8.54. The number of likely N-dealkylation sites (N-methyl/N-ethyl adjacent to an activating group) is 1. The third-order valence-corrected chi connectivity index (χ3v) is 4.45. The van der Waals surface area contributed by atoms with E-state index in [2.05, 4.69) is 10.1 Å². The number of hydrogen-bond donors (Lipinski definition) is 0. The van der Waals surface area contributed by atoms with Crippen LogP contribution < -0.4 is 4.74 Å². The smallest absolute Gasteiger partial charge is 0.310 e. The van der Waals surface area contributed by atoms with Gasteiger partial charge in [0.05, 0.1) is 16.7 Å². The molecular formula is C19H19N5O4. The summed E-state index contributed by atoms with van der Waals surface area (Å²) < 4.78 is 7.03. The molecule has 0 unspecified atom stereocenters. The molecule has 0 saturated carbocycles. The highest BCUT2D eigenvalue weighted by Gasteiger charge is 2.20. The van der Waals surface area contributed by atoms with Crippen molar-refractivity contribution in [2.75, 3.05) is 13.7 Å². The molecule has 144 valence electrons.